The van der Waals surface area contributed by atoms with Crippen LogP contribution in [-0.4, -0.2) is 43.9 Å². The van der Waals surface area contributed by atoms with E-state index < -0.39 is 0 Å². The molecule has 0 unspecified atom stereocenters. The molecule has 2 aromatic carbocycles. The van der Waals surface area contributed by atoms with Crippen molar-refractivity contribution < 1.29 is 14.5 Å². The molecule has 0 aliphatic carbocycles. The second-order valence-electron chi connectivity index (χ2n) is 7.71. The Labute approximate surface area is 167 Å². The van der Waals surface area contributed by atoms with Gasteiger partial charge in [-0.3, -0.25) is 9.59 Å². The Morgan fingerprint density at radius 2 is 1.68 bits per heavy atom. The molecule has 0 radical (unpaired) electrons. The molecule has 1 fully saturated rings. The van der Waals surface area contributed by atoms with Gasteiger partial charge in [-0.05, 0) is 69.2 Å². The highest BCUT2D eigenvalue weighted by atomic mass is 16.2. The molecular formula is C23H30N3O2+. The summed E-state index contributed by atoms with van der Waals surface area (Å²) in [5, 5.41) is 2.98. The molecule has 0 spiro atoms. The second kappa shape index (κ2) is 8.57. The zero-order chi connectivity index (χ0) is 20.3. The lowest BCUT2D eigenvalue weighted by Gasteiger charge is -2.36. The van der Waals surface area contributed by atoms with Gasteiger partial charge >= 0.3 is 0 Å². The second-order valence-corrected chi connectivity index (χ2v) is 7.71. The number of hydrogen-bond acceptors (Lipinski definition) is 3. The molecule has 28 heavy (non-hydrogen) atoms. The summed E-state index contributed by atoms with van der Waals surface area (Å²) in [7, 11) is 0. The van der Waals surface area contributed by atoms with E-state index in [1.165, 1.54) is 28.6 Å². The Morgan fingerprint density at radius 3 is 2.29 bits per heavy atom. The molecule has 3 rings (SSSR count). The van der Waals surface area contributed by atoms with Gasteiger partial charge in [-0.1, -0.05) is 12.1 Å². The van der Waals surface area contributed by atoms with E-state index in [0.717, 1.165) is 31.9 Å². The summed E-state index contributed by atoms with van der Waals surface area (Å²) in [5.74, 6) is 0.0446. The number of benzene rings is 2. The summed E-state index contributed by atoms with van der Waals surface area (Å²) in [4.78, 5) is 27.8. The fourth-order valence-corrected chi connectivity index (χ4v) is 3.77. The first-order chi connectivity index (χ1) is 13.4. The van der Waals surface area contributed by atoms with Crippen LogP contribution in [0.15, 0.2) is 42.5 Å². The van der Waals surface area contributed by atoms with E-state index in [1.54, 1.807) is 24.3 Å². The Hall–Kier alpha value is -2.66. The minimum Gasteiger partial charge on any atom is -0.360 e. The Bertz CT molecular complexity index is 853. The number of hydrogen-bond donors (Lipinski definition) is 2. The number of nitrogens with one attached hydrogen (secondary N) is 2. The number of quaternary nitrogens is 1. The van der Waals surface area contributed by atoms with E-state index in [4.69, 9.17) is 0 Å². The van der Waals surface area contributed by atoms with Crippen molar-refractivity contribution in [3.05, 3.63) is 59.2 Å². The molecule has 1 atom stereocenters. The quantitative estimate of drug-likeness (QED) is 0.783. The van der Waals surface area contributed by atoms with Gasteiger partial charge in [0.1, 0.15) is 0 Å². The van der Waals surface area contributed by atoms with Crippen molar-refractivity contribution in [1.29, 1.82) is 0 Å². The summed E-state index contributed by atoms with van der Waals surface area (Å²) in [6.07, 6.45) is 0. The van der Waals surface area contributed by atoms with Crippen molar-refractivity contribution >= 4 is 23.1 Å². The number of ketones is 1. The van der Waals surface area contributed by atoms with E-state index in [9.17, 15) is 9.59 Å². The Balaban J connectivity index is 1.57. The SMILES string of the molecule is CC(=O)c1ccc(NC(=O)[C@@H](C)[NH+]2CCN(c3cccc(C)c3C)CC2)cc1. The number of nitrogens with zero attached hydrogens (tertiary/aromatic N) is 1. The Morgan fingerprint density at radius 1 is 1.04 bits per heavy atom. The summed E-state index contributed by atoms with van der Waals surface area (Å²) in [5.41, 5.74) is 5.35. The van der Waals surface area contributed by atoms with Crippen molar-refractivity contribution in [2.75, 3.05) is 36.4 Å². The average molecular weight is 381 g/mol. The molecule has 1 aliphatic heterocycles. The lowest BCUT2D eigenvalue weighted by molar-refractivity contribution is -0.914. The molecule has 5 nitrogen and oxygen atoms in total. The summed E-state index contributed by atoms with van der Waals surface area (Å²) < 4.78 is 0. The zero-order valence-electron chi connectivity index (χ0n) is 17.2. The van der Waals surface area contributed by atoms with Crippen LogP contribution in [0.1, 0.15) is 35.3 Å². The monoisotopic (exact) mass is 380 g/mol. The van der Waals surface area contributed by atoms with Gasteiger partial charge in [0.2, 0.25) is 0 Å². The van der Waals surface area contributed by atoms with E-state index in [1.807, 2.05) is 6.92 Å². The number of carbonyl (C=O) groups excluding carboxylic acids is 2. The molecule has 1 amide bonds. The fourth-order valence-electron chi connectivity index (χ4n) is 3.77. The Kier molecular flexibility index (Phi) is 6.15. The van der Waals surface area contributed by atoms with Gasteiger partial charge in [0.15, 0.2) is 11.8 Å². The van der Waals surface area contributed by atoms with Crippen molar-refractivity contribution in [3.63, 3.8) is 0 Å². The van der Waals surface area contributed by atoms with Crippen LogP contribution in [0.2, 0.25) is 0 Å². The maximum absolute atomic E-state index is 12.7. The van der Waals surface area contributed by atoms with Gasteiger partial charge in [0, 0.05) is 16.9 Å². The van der Waals surface area contributed by atoms with Crippen molar-refractivity contribution in [2.45, 2.75) is 33.7 Å². The van der Waals surface area contributed by atoms with E-state index in [0.29, 0.717) is 5.56 Å². The van der Waals surface area contributed by atoms with Gasteiger partial charge in [-0.25, -0.2) is 0 Å². The third kappa shape index (κ3) is 4.42. The lowest BCUT2D eigenvalue weighted by Crippen LogP contribution is -3.19. The number of aryl methyl sites for hydroxylation is 1. The van der Waals surface area contributed by atoms with E-state index in [-0.39, 0.29) is 17.7 Å². The molecule has 1 aliphatic rings. The van der Waals surface area contributed by atoms with Crippen LogP contribution in [0, 0.1) is 13.8 Å². The molecule has 2 N–H and O–H groups in total. The predicted octanol–water partition coefficient (Wildman–Crippen LogP) is 2.24. The molecular weight excluding hydrogens is 350 g/mol. The molecule has 0 bridgehead atoms. The van der Waals surface area contributed by atoms with Crippen molar-refractivity contribution in [1.82, 2.24) is 0 Å². The largest absolute Gasteiger partial charge is 0.360 e. The van der Waals surface area contributed by atoms with Gasteiger partial charge in [0.05, 0.1) is 26.2 Å². The van der Waals surface area contributed by atoms with Crippen molar-refractivity contribution in [3.8, 4) is 0 Å². The molecule has 0 saturated carbocycles. The average Bonchev–Trinajstić information content (AvgIpc) is 2.70. The first kappa shape index (κ1) is 20.1. The zero-order valence-corrected chi connectivity index (χ0v) is 17.2. The topological polar surface area (TPSA) is 53.9 Å². The van der Waals surface area contributed by atoms with Crippen LogP contribution in [0.5, 0.6) is 0 Å². The van der Waals surface area contributed by atoms with Crippen LogP contribution in [0.3, 0.4) is 0 Å². The predicted molar refractivity (Wildman–Crippen MR) is 113 cm³/mol. The minimum absolute atomic E-state index is 0.0192. The van der Waals surface area contributed by atoms with E-state index in [2.05, 4.69) is 42.3 Å². The number of carbonyl (C=O) groups is 2. The van der Waals surface area contributed by atoms with E-state index >= 15 is 0 Å². The van der Waals surface area contributed by atoms with Gasteiger partial charge in [0.25, 0.3) is 5.91 Å². The number of piperazine rings is 1. The van der Waals surface area contributed by atoms with Crippen LogP contribution in [0.25, 0.3) is 0 Å². The highest BCUT2D eigenvalue weighted by Gasteiger charge is 2.29. The van der Waals surface area contributed by atoms with Crippen LogP contribution in [-0.2, 0) is 4.79 Å². The highest BCUT2D eigenvalue weighted by molar-refractivity contribution is 5.96. The minimum atomic E-state index is -0.117. The lowest BCUT2D eigenvalue weighted by atomic mass is 10.1. The van der Waals surface area contributed by atoms with Gasteiger partial charge < -0.3 is 15.1 Å². The third-order valence-corrected chi connectivity index (χ3v) is 5.89. The van der Waals surface area contributed by atoms with Gasteiger partial charge in [-0.15, -0.1) is 0 Å². The smallest absolute Gasteiger partial charge is 0.282 e. The first-order valence-corrected chi connectivity index (χ1v) is 9.94. The maximum atomic E-state index is 12.7. The third-order valence-electron chi connectivity index (χ3n) is 5.89. The van der Waals surface area contributed by atoms with Gasteiger partial charge in [-0.2, -0.15) is 0 Å². The highest BCUT2D eigenvalue weighted by Crippen LogP contribution is 2.22. The van der Waals surface area contributed by atoms with Crippen LogP contribution in [0.4, 0.5) is 11.4 Å². The summed E-state index contributed by atoms with van der Waals surface area (Å²) >= 11 is 0. The molecule has 148 valence electrons. The number of anilines is 2. The number of amides is 1. The first-order valence-electron chi connectivity index (χ1n) is 9.94. The number of rotatable bonds is 5. The fraction of sp³-hybridized carbons (Fsp3) is 0.391. The molecule has 2 aromatic rings. The molecule has 1 saturated heterocycles. The standard InChI is InChI=1S/C23H29N3O2/c1-16-6-5-7-22(17(16)2)26-14-12-25(13-15-26)18(3)23(28)24-21-10-8-20(9-11-21)19(4)27/h5-11,18H,12-15H2,1-4H3,(H,24,28)/p+1/t18-/m1/s1. The molecule has 1 heterocycles. The van der Waals surface area contributed by atoms with Crippen LogP contribution < -0.4 is 15.1 Å². The van der Waals surface area contributed by atoms with Crippen molar-refractivity contribution in [2.24, 2.45) is 0 Å². The summed E-state index contributed by atoms with van der Waals surface area (Å²) in [6.45, 7) is 11.6. The number of Topliss-reactive ketones (excluding diaryl/α,β-unsaturated/α-hetero) is 1. The summed E-state index contributed by atoms with van der Waals surface area (Å²) in [6, 6.07) is 13.4. The normalized spacial score (nSPS) is 15.9. The molecule has 5 heteroatoms. The maximum Gasteiger partial charge on any atom is 0.282 e. The molecule has 0 aromatic heterocycles. The van der Waals surface area contributed by atoms with Crippen LogP contribution >= 0.6 is 0 Å².